The van der Waals surface area contributed by atoms with Gasteiger partial charge in [-0.3, -0.25) is 0 Å². The molecule has 2 aromatic heterocycles. The van der Waals surface area contributed by atoms with Crippen LogP contribution in [0, 0.1) is 12.7 Å². The standard InChI is InChI=1S/C19H19FN4/c1-13-18(19-22-8-4-9-23-19)15-11-21-10-7-17(15)24(13)12-14-5-2-3-6-16(14)20/h2-6,8-9,21H,7,10-12H2,1H3. The molecule has 0 aliphatic carbocycles. The van der Waals surface area contributed by atoms with Crippen LogP contribution in [0.15, 0.2) is 42.7 Å². The summed E-state index contributed by atoms with van der Waals surface area (Å²) in [6, 6.07) is 8.79. The summed E-state index contributed by atoms with van der Waals surface area (Å²) in [5, 5.41) is 3.42. The Bertz CT molecular complexity index is 871. The number of fused-ring (bicyclic) bond motifs is 1. The van der Waals surface area contributed by atoms with Crippen molar-refractivity contribution in [3.63, 3.8) is 0 Å². The molecule has 5 heteroatoms. The topological polar surface area (TPSA) is 42.7 Å². The van der Waals surface area contributed by atoms with E-state index in [0.717, 1.165) is 36.6 Å². The van der Waals surface area contributed by atoms with Gasteiger partial charge in [-0.25, -0.2) is 14.4 Å². The SMILES string of the molecule is Cc1c(-c2ncccn2)c2c(n1Cc1ccccc1F)CCNC2. The van der Waals surface area contributed by atoms with Crippen LogP contribution in [-0.2, 0) is 19.5 Å². The molecule has 0 amide bonds. The number of nitrogens with one attached hydrogen (secondary N) is 1. The van der Waals surface area contributed by atoms with Gasteiger partial charge in [-0.2, -0.15) is 0 Å². The average Bonchev–Trinajstić information content (AvgIpc) is 2.90. The van der Waals surface area contributed by atoms with Crippen molar-refractivity contribution in [3.8, 4) is 11.4 Å². The van der Waals surface area contributed by atoms with Gasteiger partial charge in [0.05, 0.1) is 6.54 Å². The lowest BCUT2D eigenvalue weighted by Crippen LogP contribution is -2.25. The molecule has 0 saturated heterocycles. The van der Waals surface area contributed by atoms with Crippen molar-refractivity contribution in [1.82, 2.24) is 19.9 Å². The quantitative estimate of drug-likeness (QED) is 0.806. The molecular formula is C19H19FN4. The van der Waals surface area contributed by atoms with Gasteiger partial charge in [0.15, 0.2) is 5.82 Å². The molecule has 3 aromatic rings. The maximum atomic E-state index is 14.1. The zero-order valence-corrected chi connectivity index (χ0v) is 13.6. The van der Waals surface area contributed by atoms with Crippen molar-refractivity contribution in [2.45, 2.75) is 26.4 Å². The normalized spacial score (nSPS) is 13.8. The molecule has 1 N–H and O–H groups in total. The van der Waals surface area contributed by atoms with Crippen molar-refractivity contribution >= 4 is 0 Å². The predicted octanol–water partition coefficient (Wildman–Crippen LogP) is 3.09. The molecule has 4 nitrogen and oxygen atoms in total. The molecule has 0 bridgehead atoms. The average molecular weight is 322 g/mol. The minimum atomic E-state index is -0.161. The molecule has 0 saturated carbocycles. The molecule has 1 aromatic carbocycles. The first-order valence-electron chi connectivity index (χ1n) is 8.18. The van der Waals surface area contributed by atoms with Gasteiger partial charge >= 0.3 is 0 Å². The first kappa shape index (κ1) is 15.0. The largest absolute Gasteiger partial charge is 0.343 e. The Morgan fingerprint density at radius 2 is 1.96 bits per heavy atom. The van der Waals surface area contributed by atoms with Crippen LogP contribution >= 0.6 is 0 Å². The molecule has 122 valence electrons. The molecule has 1 aliphatic rings. The number of halogens is 1. The van der Waals surface area contributed by atoms with E-state index in [4.69, 9.17) is 0 Å². The Labute approximate surface area is 140 Å². The number of aromatic nitrogens is 3. The first-order chi connectivity index (χ1) is 11.8. The summed E-state index contributed by atoms with van der Waals surface area (Å²) in [5.74, 6) is 0.577. The predicted molar refractivity (Wildman–Crippen MR) is 91.1 cm³/mol. The van der Waals surface area contributed by atoms with Gasteiger partial charge in [-0.15, -0.1) is 0 Å². The van der Waals surface area contributed by atoms with E-state index in [1.165, 1.54) is 17.3 Å². The molecule has 1 aliphatic heterocycles. The molecule has 0 spiro atoms. The summed E-state index contributed by atoms with van der Waals surface area (Å²) >= 11 is 0. The zero-order valence-electron chi connectivity index (χ0n) is 13.6. The lowest BCUT2D eigenvalue weighted by atomic mass is 10.0. The van der Waals surface area contributed by atoms with E-state index in [1.54, 1.807) is 18.5 Å². The van der Waals surface area contributed by atoms with E-state index in [1.807, 2.05) is 18.2 Å². The third-order valence-corrected chi connectivity index (χ3v) is 4.66. The molecule has 3 heterocycles. The van der Waals surface area contributed by atoms with E-state index in [0.29, 0.717) is 12.1 Å². The van der Waals surface area contributed by atoms with Crippen LogP contribution in [0.3, 0.4) is 0 Å². The van der Waals surface area contributed by atoms with Crippen LogP contribution in [0.1, 0.15) is 22.5 Å². The number of rotatable bonds is 3. The Morgan fingerprint density at radius 3 is 2.75 bits per heavy atom. The van der Waals surface area contributed by atoms with Crippen LogP contribution in [0.5, 0.6) is 0 Å². The smallest absolute Gasteiger partial charge is 0.161 e. The lowest BCUT2D eigenvalue weighted by molar-refractivity contribution is 0.576. The number of nitrogens with zero attached hydrogens (tertiary/aromatic N) is 3. The minimum absolute atomic E-state index is 0.161. The molecule has 0 fully saturated rings. The second-order valence-electron chi connectivity index (χ2n) is 6.06. The highest BCUT2D eigenvalue weighted by Gasteiger charge is 2.25. The van der Waals surface area contributed by atoms with Gasteiger partial charge in [0.25, 0.3) is 0 Å². The fourth-order valence-corrected chi connectivity index (χ4v) is 3.50. The maximum Gasteiger partial charge on any atom is 0.161 e. The van der Waals surface area contributed by atoms with Crippen molar-refractivity contribution in [2.24, 2.45) is 0 Å². The monoisotopic (exact) mass is 322 g/mol. The molecule has 24 heavy (non-hydrogen) atoms. The first-order valence-corrected chi connectivity index (χ1v) is 8.18. The Kier molecular flexibility index (Phi) is 3.86. The van der Waals surface area contributed by atoms with Crippen LogP contribution < -0.4 is 5.32 Å². The highest BCUT2D eigenvalue weighted by molar-refractivity contribution is 5.66. The van der Waals surface area contributed by atoms with Crippen LogP contribution in [0.4, 0.5) is 4.39 Å². The van der Waals surface area contributed by atoms with E-state index < -0.39 is 0 Å². The van der Waals surface area contributed by atoms with Gasteiger partial charge in [0.1, 0.15) is 5.82 Å². The van der Waals surface area contributed by atoms with Gasteiger partial charge in [-0.05, 0) is 24.6 Å². The Hall–Kier alpha value is -2.53. The Morgan fingerprint density at radius 1 is 1.17 bits per heavy atom. The molecule has 0 unspecified atom stereocenters. The molecule has 0 atom stereocenters. The van der Waals surface area contributed by atoms with E-state index >= 15 is 0 Å². The van der Waals surface area contributed by atoms with Crippen LogP contribution in [-0.4, -0.2) is 21.1 Å². The number of hydrogen-bond donors (Lipinski definition) is 1. The highest BCUT2D eigenvalue weighted by Crippen LogP contribution is 2.33. The second kappa shape index (κ2) is 6.17. The van der Waals surface area contributed by atoms with Crippen molar-refractivity contribution < 1.29 is 4.39 Å². The molecule has 4 rings (SSSR count). The third kappa shape index (κ3) is 2.51. The summed E-state index contributed by atoms with van der Waals surface area (Å²) in [4.78, 5) is 8.86. The van der Waals surface area contributed by atoms with Gasteiger partial charge in [0.2, 0.25) is 0 Å². The summed E-state index contributed by atoms with van der Waals surface area (Å²) in [6.45, 7) is 4.34. The van der Waals surface area contributed by atoms with Gasteiger partial charge in [-0.1, -0.05) is 18.2 Å². The van der Waals surface area contributed by atoms with Crippen molar-refractivity contribution in [2.75, 3.05) is 6.54 Å². The summed E-state index contributed by atoms with van der Waals surface area (Å²) in [6.07, 6.45) is 4.45. The van der Waals surface area contributed by atoms with Crippen LogP contribution in [0.2, 0.25) is 0 Å². The van der Waals surface area contributed by atoms with Crippen molar-refractivity contribution in [1.29, 1.82) is 0 Å². The van der Waals surface area contributed by atoms with E-state index in [2.05, 4.69) is 26.8 Å². The second-order valence-corrected chi connectivity index (χ2v) is 6.06. The molecule has 0 radical (unpaired) electrons. The van der Waals surface area contributed by atoms with Gasteiger partial charge in [0, 0.05) is 54.4 Å². The maximum absolute atomic E-state index is 14.1. The molecular weight excluding hydrogens is 303 g/mol. The van der Waals surface area contributed by atoms with E-state index in [9.17, 15) is 4.39 Å². The number of benzene rings is 1. The highest BCUT2D eigenvalue weighted by atomic mass is 19.1. The number of hydrogen-bond acceptors (Lipinski definition) is 3. The minimum Gasteiger partial charge on any atom is -0.343 e. The van der Waals surface area contributed by atoms with E-state index in [-0.39, 0.29) is 5.82 Å². The zero-order chi connectivity index (χ0) is 16.5. The summed E-state index contributed by atoms with van der Waals surface area (Å²) in [5.41, 5.74) is 5.38. The fourth-order valence-electron chi connectivity index (χ4n) is 3.50. The Balaban J connectivity index is 1.86. The third-order valence-electron chi connectivity index (χ3n) is 4.66. The summed E-state index contributed by atoms with van der Waals surface area (Å²) in [7, 11) is 0. The summed E-state index contributed by atoms with van der Waals surface area (Å²) < 4.78 is 16.3. The lowest BCUT2D eigenvalue weighted by Gasteiger charge is -2.18. The fraction of sp³-hybridized carbons (Fsp3) is 0.263. The van der Waals surface area contributed by atoms with Gasteiger partial charge < -0.3 is 9.88 Å². The van der Waals surface area contributed by atoms with Crippen LogP contribution in [0.25, 0.3) is 11.4 Å². The van der Waals surface area contributed by atoms with Crippen molar-refractivity contribution in [3.05, 3.63) is 71.1 Å².